The number of nitrogens with zero attached hydrogens (tertiary/aromatic N) is 1. The minimum absolute atomic E-state index is 0.0378. The maximum absolute atomic E-state index is 12.5. The number of benzene rings is 1. The smallest absolute Gasteiger partial charge is 0.211 e. The summed E-state index contributed by atoms with van der Waals surface area (Å²) < 4.78 is 34.8. The van der Waals surface area contributed by atoms with Gasteiger partial charge in [-0.15, -0.1) is 12.6 Å². The Kier molecular flexibility index (Phi) is 3.68. The van der Waals surface area contributed by atoms with E-state index in [4.69, 9.17) is 11.6 Å². The molecule has 0 saturated carbocycles. The number of aliphatic imine (C=N–C) groups is 1. The van der Waals surface area contributed by atoms with Crippen LogP contribution in [0.25, 0.3) is 0 Å². The lowest BCUT2D eigenvalue weighted by molar-refractivity contribution is -0.140. The van der Waals surface area contributed by atoms with Gasteiger partial charge in [-0.2, -0.15) is 18.2 Å². The van der Waals surface area contributed by atoms with Crippen molar-refractivity contribution < 1.29 is 18.0 Å². The van der Waals surface area contributed by atoms with Gasteiger partial charge in [0.15, 0.2) is 0 Å². The predicted octanol–water partition coefficient (Wildman–Crippen LogP) is 3.54. The normalized spacial score (nSPS) is 15.1. The molecule has 0 heterocycles. The van der Waals surface area contributed by atoms with Crippen molar-refractivity contribution >= 4 is 36.0 Å². The van der Waals surface area contributed by atoms with Gasteiger partial charge in [0.05, 0.1) is 5.69 Å². The molecule has 1 aromatic carbocycles. The highest BCUT2D eigenvalue weighted by Crippen LogP contribution is 2.48. The largest absolute Gasteiger partial charge is 0.420 e. The van der Waals surface area contributed by atoms with Crippen LogP contribution in [0.15, 0.2) is 29.3 Å². The van der Waals surface area contributed by atoms with E-state index in [-0.39, 0.29) is 11.3 Å². The Hall–Kier alpha value is -0.970. The lowest BCUT2D eigenvalue weighted by Crippen LogP contribution is -2.31. The van der Waals surface area contributed by atoms with Crippen LogP contribution in [0, 0.1) is 0 Å². The summed E-state index contributed by atoms with van der Waals surface area (Å²) in [5.74, 6) is 0. The molecule has 0 aliphatic heterocycles. The number of isocyanates is 1. The Balaban J connectivity index is 3.23. The van der Waals surface area contributed by atoms with Crippen molar-refractivity contribution in [3.05, 3.63) is 29.8 Å². The molecule has 1 aromatic rings. The molecular formula is C9H5ClF3NOS. The molecule has 0 aliphatic rings. The maximum Gasteiger partial charge on any atom is 0.420 e. The average molecular weight is 268 g/mol. The van der Waals surface area contributed by atoms with Crippen molar-refractivity contribution in [2.75, 3.05) is 0 Å². The van der Waals surface area contributed by atoms with E-state index in [1.165, 1.54) is 18.2 Å². The molecule has 2 nitrogen and oxygen atoms in total. The van der Waals surface area contributed by atoms with Crippen molar-refractivity contribution in [2.45, 2.75) is 10.4 Å². The van der Waals surface area contributed by atoms with E-state index in [2.05, 4.69) is 17.6 Å². The van der Waals surface area contributed by atoms with Crippen LogP contribution in [-0.4, -0.2) is 12.3 Å². The van der Waals surface area contributed by atoms with Gasteiger partial charge in [-0.25, -0.2) is 4.79 Å². The fourth-order valence-electron chi connectivity index (χ4n) is 0.998. The molecule has 0 spiro atoms. The number of hydrogen-bond acceptors (Lipinski definition) is 3. The standard InChI is InChI=1S/C9H5ClF3NOS/c10-8(16,9(11,12)13)6-2-1-3-7(4-6)14-5-15/h1-4,16H. The molecule has 16 heavy (non-hydrogen) atoms. The highest BCUT2D eigenvalue weighted by atomic mass is 35.5. The van der Waals surface area contributed by atoms with Gasteiger partial charge in [0.2, 0.25) is 10.3 Å². The van der Waals surface area contributed by atoms with Gasteiger partial charge < -0.3 is 0 Å². The lowest BCUT2D eigenvalue weighted by atomic mass is 10.1. The second-order valence-electron chi connectivity index (χ2n) is 2.87. The van der Waals surface area contributed by atoms with Crippen molar-refractivity contribution in [1.82, 2.24) is 0 Å². The summed E-state index contributed by atoms with van der Waals surface area (Å²) in [6.45, 7) is 0. The summed E-state index contributed by atoms with van der Waals surface area (Å²) in [6, 6.07) is 4.83. The minimum Gasteiger partial charge on any atom is -0.211 e. The molecule has 0 amide bonds. The third-order valence-corrected chi connectivity index (χ3v) is 2.72. The second kappa shape index (κ2) is 4.49. The number of hydrogen-bond donors (Lipinski definition) is 1. The zero-order chi connectivity index (χ0) is 12.4. The third kappa shape index (κ3) is 2.58. The number of halogens is 4. The van der Waals surface area contributed by atoms with Gasteiger partial charge in [-0.1, -0.05) is 23.7 Å². The first-order valence-corrected chi connectivity index (χ1v) is 4.78. The van der Waals surface area contributed by atoms with Crippen LogP contribution < -0.4 is 0 Å². The summed E-state index contributed by atoms with van der Waals surface area (Å²) >= 11 is 8.68. The molecule has 0 saturated heterocycles. The molecule has 0 aromatic heterocycles. The fourth-order valence-corrected chi connectivity index (χ4v) is 1.25. The van der Waals surface area contributed by atoms with Gasteiger partial charge in [0.1, 0.15) is 0 Å². The molecule has 1 unspecified atom stereocenters. The highest BCUT2D eigenvalue weighted by molar-refractivity contribution is 7.83. The molecule has 0 radical (unpaired) electrons. The second-order valence-corrected chi connectivity index (χ2v) is 4.37. The average Bonchev–Trinajstić information content (AvgIpc) is 2.17. The summed E-state index contributed by atoms with van der Waals surface area (Å²) in [7, 11) is 0. The summed E-state index contributed by atoms with van der Waals surface area (Å²) in [5.41, 5.74) is -0.266. The number of thiol groups is 1. The highest BCUT2D eigenvalue weighted by Gasteiger charge is 2.52. The Morgan fingerprint density at radius 3 is 2.50 bits per heavy atom. The van der Waals surface area contributed by atoms with Crippen molar-refractivity contribution in [2.24, 2.45) is 4.99 Å². The molecule has 7 heteroatoms. The van der Waals surface area contributed by atoms with E-state index in [1.54, 1.807) is 0 Å². The topological polar surface area (TPSA) is 29.4 Å². The van der Waals surface area contributed by atoms with Gasteiger partial charge in [0.25, 0.3) is 0 Å². The maximum atomic E-state index is 12.5. The Bertz CT molecular complexity index is 441. The quantitative estimate of drug-likeness (QED) is 0.378. The van der Waals surface area contributed by atoms with E-state index in [1.807, 2.05) is 0 Å². The third-order valence-electron chi connectivity index (χ3n) is 1.78. The molecule has 1 atom stereocenters. The number of alkyl halides is 4. The van der Waals surface area contributed by atoms with Crippen molar-refractivity contribution in [3.63, 3.8) is 0 Å². The monoisotopic (exact) mass is 267 g/mol. The van der Waals surface area contributed by atoms with Crippen molar-refractivity contribution in [3.8, 4) is 0 Å². The number of rotatable bonds is 2. The van der Waals surface area contributed by atoms with Crippen LogP contribution in [0.3, 0.4) is 0 Å². The van der Waals surface area contributed by atoms with Crippen LogP contribution in [-0.2, 0) is 9.00 Å². The molecule has 0 N–H and O–H groups in total. The van der Waals surface area contributed by atoms with Crippen LogP contribution in [0.1, 0.15) is 5.56 Å². The van der Waals surface area contributed by atoms with E-state index in [0.717, 1.165) is 12.1 Å². The van der Waals surface area contributed by atoms with Gasteiger partial charge in [0, 0.05) is 0 Å². The van der Waals surface area contributed by atoms with Crippen LogP contribution in [0.2, 0.25) is 0 Å². The summed E-state index contributed by atoms with van der Waals surface area (Å²) in [5, 5.41) is 0. The first-order valence-electron chi connectivity index (χ1n) is 3.95. The Labute approximate surface area is 99.5 Å². The first-order chi connectivity index (χ1) is 7.29. The zero-order valence-corrected chi connectivity index (χ0v) is 9.27. The SMILES string of the molecule is O=C=Nc1cccc(C(S)(Cl)C(F)(F)F)c1. The van der Waals surface area contributed by atoms with E-state index >= 15 is 0 Å². The first kappa shape index (κ1) is 13.1. The number of carbonyl (C=O) groups excluding carboxylic acids is 1. The summed E-state index contributed by atoms with van der Waals surface area (Å²) in [6.07, 6.45) is -3.49. The van der Waals surface area contributed by atoms with E-state index in [0.29, 0.717) is 0 Å². The van der Waals surface area contributed by atoms with Crippen LogP contribution in [0.4, 0.5) is 18.9 Å². The van der Waals surface area contributed by atoms with E-state index < -0.39 is 10.4 Å². The van der Waals surface area contributed by atoms with Gasteiger partial charge in [-0.05, 0) is 17.7 Å². The van der Waals surface area contributed by atoms with Gasteiger partial charge >= 0.3 is 6.18 Å². The minimum atomic E-state index is -4.72. The lowest BCUT2D eigenvalue weighted by Gasteiger charge is -2.24. The van der Waals surface area contributed by atoms with Crippen molar-refractivity contribution in [1.29, 1.82) is 0 Å². The zero-order valence-electron chi connectivity index (χ0n) is 7.62. The Morgan fingerprint density at radius 2 is 2.00 bits per heavy atom. The molecule has 0 aliphatic carbocycles. The van der Waals surface area contributed by atoms with Crippen LogP contribution in [0.5, 0.6) is 0 Å². The molecule has 1 rings (SSSR count). The van der Waals surface area contributed by atoms with Crippen LogP contribution >= 0.6 is 24.2 Å². The molecule has 0 fully saturated rings. The summed E-state index contributed by atoms with van der Waals surface area (Å²) in [4.78, 5) is 13.2. The Morgan fingerprint density at radius 1 is 1.38 bits per heavy atom. The molecular weight excluding hydrogens is 263 g/mol. The fraction of sp³-hybridized carbons (Fsp3) is 0.222. The predicted molar refractivity (Wildman–Crippen MR) is 56.8 cm³/mol. The van der Waals surface area contributed by atoms with Gasteiger partial charge in [-0.3, -0.25) is 0 Å². The molecule has 0 bridgehead atoms. The van der Waals surface area contributed by atoms with E-state index in [9.17, 15) is 18.0 Å². The molecule has 86 valence electrons.